The van der Waals surface area contributed by atoms with Crippen LogP contribution in [0.1, 0.15) is 12.8 Å². The first-order valence-corrected chi connectivity index (χ1v) is 7.49. The number of halogens is 2. The van der Waals surface area contributed by atoms with Gasteiger partial charge in [0.2, 0.25) is 5.91 Å². The fourth-order valence-corrected chi connectivity index (χ4v) is 2.93. The van der Waals surface area contributed by atoms with Crippen LogP contribution in [0.15, 0.2) is 18.2 Å². The molecule has 1 heterocycles. The maximum atomic E-state index is 12.1. The molecule has 1 atom stereocenters. The first-order valence-electron chi connectivity index (χ1n) is 6.73. The van der Waals surface area contributed by atoms with Crippen molar-refractivity contribution in [2.75, 3.05) is 32.0 Å². The summed E-state index contributed by atoms with van der Waals surface area (Å²) in [6.45, 7) is 2.20. The molecule has 0 bridgehead atoms. The summed E-state index contributed by atoms with van der Waals surface area (Å²) in [7, 11) is 1.96. The molecule has 110 valence electrons. The molecule has 1 saturated heterocycles. The van der Waals surface area contributed by atoms with Crippen molar-refractivity contribution in [1.82, 2.24) is 10.2 Å². The predicted molar refractivity (Wildman–Crippen MR) is 83.6 cm³/mol. The molecule has 20 heavy (non-hydrogen) atoms. The van der Waals surface area contributed by atoms with Gasteiger partial charge in [-0.15, -0.1) is 0 Å². The second kappa shape index (κ2) is 7.27. The monoisotopic (exact) mass is 315 g/mol. The van der Waals surface area contributed by atoms with E-state index in [2.05, 4.69) is 15.5 Å². The SMILES string of the molecule is CNC1CCCN(CC(=O)Nc2c(Cl)cccc2Cl)C1. The molecule has 1 aromatic carbocycles. The molecule has 1 amide bonds. The van der Waals surface area contributed by atoms with E-state index in [1.807, 2.05) is 7.05 Å². The second-order valence-corrected chi connectivity index (χ2v) is 5.82. The third kappa shape index (κ3) is 4.09. The van der Waals surface area contributed by atoms with E-state index in [0.29, 0.717) is 28.3 Å². The standard InChI is InChI=1S/C14H19Cl2N3O/c1-17-10-4-3-7-19(8-10)9-13(20)18-14-11(15)5-2-6-12(14)16/h2,5-6,10,17H,3-4,7-9H2,1H3,(H,18,20). The van der Waals surface area contributed by atoms with Crippen molar-refractivity contribution in [3.63, 3.8) is 0 Å². The number of benzene rings is 1. The maximum absolute atomic E-state index is 12.1. The van der Waals surface area contributed by atoms with Gasteiger partial charge < -0.3 is 10.6 Å². The summed E-state index contributed by atoms with van der Waals surface area (Å²) in [5, 5.41) is 6.97. The van der Waals surface area contributed by atoms with Gasteiger partial charge in [0.25, 0.3) is 0 Å². The molecular formula is C14H19Cl2N3O. The number of amides is 1. The molecule has 6 heteroatoms. The van der Waals surface area contributed by atoms with Crippen LogP contribution in [0.5, 0.6) is 0 Å². The van der Waals surface area contributed by atoms with Crippen LogP contribution in [0.3, 0.4) is 0 Å². The minimum absolute atomic E-state index is 0.0863. The fourth-order valence-electron chi connectivity index (χ4n) is 2.43. The number of piperidine rings is 1. The number of hydrogen-bond donors (Lipinski definition) is 2. The zero-order chi connectivity index (χ0) is 14.5. The van der Waals surface area contributed by atoms with E-state index in [4.69, 9.17) is 23.2 Å². The third-order valence-corrected chi connectivity index (χ3v) is 4.14. The first kappa shape index (κ1) is 15.6. The Hall–Kier alpha value is -0.810. The van der Waals surface area contributed by atoms with Gasteiger partial charge in [0.05, 0.1) is 22.3 Å². The van der Waals surface area contributed by atoms with Gasteiger partial charge >= 0.3 is 0 Å². The van der Waals surface area contributed by atoms with Crippen LogP contribution < -0.4 is 10.6 Å². The van der Waals surface area contributed by atoms with E-state index in [9.17, 15) is 4.79 Å². The van der Waals surface area contributed by atoms with Crippen LogP contribution >= 0.6 is 23.2 Å². The Kier molecular flexibility index (Phi) is 5.66. The van der Waals surface area contributed by atoms with Crippen LogP contribution in [-0.4, -0.2) is 43.5 Å². The lowest BCUT2D eigenvalue weighted by atomic mass is 10.1. The van der Waals surface area contributed by atoms with E-state index in [0.717, 1.165) is 25.9 Å². The summed E-state index contributed by atoms with van der Waals surface area (Å²) >= 11 is 12.1. The van der Waals surface area contributed by atoms with Gasteiger partial charge in [-0.2, -0.15) is 0 Å². The smallest absolute Gasteiger partial charge is 0.238 e. The molecular weight excluding hydrogens is 297 g/mol. The van der Waals surface area contributed by atoms with Gasteiger partial charge in [0, 0.05) is 12.6 Å². The zero-order valence-electron chi connectivity index (χ0n) is 11.5. The number of likely N-dealkylation sites (N-methyl/N-ethyl adjacent to an activating group) is 1. The van der Waals surface area contributed by atoms with Crippen molar-refractivity contribution < 1.29 is 4.79 Å². The normalized spacial score (nSPS) is 19.9. The average Bonchev–Trinajstić information content (AvgIpc) is 2.43. The van der Waals surface area contributed by atoms with Gasteiger partial charge in [0.1, 0.15) is 0 Å². The van der Waals surface area contributed by atoms with E-state index in [1.165, 1.54) is 0 Å². The molecule has 1 aliphatic heterocycles. The quantitative estimate of drug-likeness (QED) is 0.897. The highest BCUT2D eigenvalue weighted by atomic mass is 35.5. The summed E-state index contributed by atoms with van der Waals surface area (Å²) in [5.41, 5.74) is 0.489. The summed E-state index contributed by atoms with van der Waals surface area (Å²) in [6.07, 6.45) is 2.26. The van der Waals surface area contributed by atoms with Gasteiger partial charge in [-0.3, -0.25) is 9.69 Å². The topological polar surface area (TPSA) is 44.4 Å². The largest absolute Gasteiger partial charge is 0.322 e. The summed E-state index contributed by atoms with van der Waals surface area (Å²) in [5.74, 6) is -0.0863. The van der Waals surface area contributed by atoms with Gasteiger partial charge in [-0.05, 0) is 38.6 Å². The number of carbonyl (C=O) groups is 1. The lowest BCUT2D eigenvalue weighted by molar-refractivity contribution is -0.117. The summed E-state index contributed by atoms with van der Waals surface area (Å²) in [6, 6.07) is 5.63. The van der Waals surface area contributed by atoms with Crippen LogP contribution in [0.4, 0.5) is 5.69 Å². The molecule has 0 radical (unpaired) electrons. The summed E-state index contributed by atoms with van der Waals surface area (Å²) < 4.78 is 0. The number of anilines is 1. The minimum atomic E-state index is -0.0863. The fraction of sp³-hybridized carbons (Fsp3) is 0.500. The lowest BCUT2D eigenvalue weighted by Crippen LogP contribution is -2.46. The Morgan fingerprint density at radius 2 is 2.10 bits per heavy atom. The molecule has 1 unspecified atom stereocenters. The minimum Gasteiger partial charge on any atom is -0.322 e. The van der Waals surface area contributed by atoms with Crippen molar-refractivity contribution in [2.24, 2.45) is 0 Å². The summed E-state index contributed by atoms with van der Waals surface area (Å²) in [4.78, 5) is 14.2. The van der Waals surface area contributed by atoms with Gasteiger partial charge in [-0.1, -0.05) is 29.3 Å². The third-order valence-electron chi connectivity index (χ3n) is 3.51. The Bertz CT molecular complexity index is 461. The Morgan fingerprint density at radius 3 is 2.75 bits per heavy atom. The molecule has 0 aliphatic carbocycles. The number of para-hydroxylation sites is 1. The van der Waals surface area contributed by atoms with Crippen molar-refractivity contribution in [2.45, 2.75) is 18.9 Å². The highest BCUT2D eigenvalue weighted by Crippen LogP contribution is 2.29. The van der Waals surface area contributed by atoms with Crippen LogP contribution in [0.25, 0.3) is 0 Å². The number of nitrogens with zero attached hydrogens (tertiary/aromatic N) is 1. The van der Waals surface area contributed by atoms with Crippen molar-refractivity contribution in [3.05, 3.63) is 28.2 Å². The number of hydrogen-bond acceptors (Lipinski definition) is 3. The zero-order valence-corrected chi connectivity index (χ0v) is 13.0. The van der Waals surface area contributed by atoms with Crippen molar-refractivity contribution >= 4 is 34.8 Å². The molecule has 4 nitrogen and oxygen atoms in total. The molecule has 0 saturated carbocycles. The lowest BCUT2D eigenvalue weighted by Gasteiger charge is -2.31. The van der Waals surface area contributed by atoms with Crippen molar-refractivity contribution in [3.8, 4) is 0 Å². The average molecular weight is 316 g/mol. The number of carbonyl (C=O) groups excluding carboxylic acids is 1. The molecule has 0 spiro atoms. The Labute approximate surface area is 129 Å². The molecule has 2 N–H and O–H groups in total. The Morgan fingerprint density at radius 1 is 1.40 bits per heavy atom. The highest BCUT2D eigenvalue weighted by molar-refractivity contribution is 6.39. The van der Waals surface area contributed by atoms with Gasteiger partial charge in [0.15, 0.2) is 0 Å². The molecule has 1 fully saturated rings. The molecule has 0 aromatic heterocycles. The number of rotatable bonds is 4. The Balaban J connectivity index is 1.92. The van der Waals surface area contributed by atoms with Crippen LogP contribution in [0.2, 0.25) is 10.0 Å². The number of nitrogens with one attached hydrogen (secondary N) is 2. The first-order chi connectivity index (χ1) is 9.60. The van der Waals surface area contributed by atoms with Crippen molar-refractivity contribution in [1.29, 1.82) is 0 Å². The maximum Gasteiger partial charge on any atom is 0.238 e. The molecule has 1 aromatic rings. The van der Waals surface area contributed by atoms with E-state index < -0.39 is 0 Å². The highest BCUT2D eigenvalue weighted by Gasteiger charge is 2.20. The van der Waals surface area contributed by atoms with Gasteiger partial charge in [-0.25, -0.2) is 0 Å². The van der Waals surface area contributed by atoms with Crippen LogP contribution in [0, 0.1) is 0 Å². The van der Waals surface area contributed by atoms with E-state index in [-0.39, 0.29) is 5.91 Å². The number of likely N-dealkylation sites (tertiary alicyclic amines) is 1. The van der Waals surface area contributed by atoms with E-state index >= 15 is 0 Å². The van der Waals surface area contributed by atoms with Crippen LogP contribution in [-0.2, 0) is 4.79 Å². The second-order valence-electron chi connectivity index (χ2n) is 5.01. The van der Waals surface area contributed by atoms with E-state index in [1.54, 1.807) is 18.2 Å². The molecule has 1 aliphatic rings. The predicted octanol–water partition coefficient (Wildman–Crippen LogP) is 2.62. The molecule has 2 rings (SSSR count).